The second-order valence-electron chi connectivity index (χ2n) is 4.65. The number of nitrogens with one attached hydrogen (secondary N) is 2. The van der Waals surface area contributed by atoms with Crippen molar-refractivity contribution in [2.24, 2.45) is 0 Å². The minimum absolute atomic E-state index is 0.597. The van der Waals surface area contributed by atoms with Crippen LogP contribution in [0.4, 0.5) is 5.69 Å². The lowest BCUT2D eigenvalue weighted by Crippen LogP contribution is -2.38. The van der Waals surface area contributed by atoms with Crippen LogP contribution in [0.5, 0.6) is 0 Å². The summed E-state index contributed by atoms with van der Waals surface area (Å²) in [4.78, 5) is 0. The molecular formula is C14H22N2. The van der Waals surface area contributed by atoms with Gasteiger partial charge in [0.05, 0.1) is 0 Å². The quantitative estimate of drug-likeness (QED) is 0.815. The van der Waals surface area contributed by atoms with Gasteiger partial charge in [-0.05, 0) is 43.9 Å². The van der Waals surface area contributed by atoms with Gasteiger partial charge in [-0.15, -0.1) is 0 Å². The third kappa shape index (κ3) is 2.56. The Kier molecular flexibility index (Phi) is 3.83. The highest BCUT2D eigenvalue weighted by molar-refractivity contribution is 5.57. The van der Waals surface area contributed by atoms with Gasteiger partial charge in [-0.3, -0.25) is 0 Å². The molecule has 1 aromatic rings. The highest BCUT2D eigenvalue weighted by Gasteiger charge is 2.14. The average Bonchev–Trinajstić information content (AvgIpc) is 2.33. The van der Waals surface area contributed by atoms with E-state index in [1.165, 1.54) is 36.2 Å². The first-order valence-corrected chi connectivity index (χ1v) is 6.37. The third-order valence-electron chi connectivity index (χ3n) is 3.39. The molecule has 2 heteroatoms. The van der Waals surface area contributed by atoms with Gasteiger partial charge in [0.15, 0.2) is 0 Å². The first-order chi connectivity index (χ1) is 7.81. The summed E-state index contributed by atoms with van der Waals surface area (Å²) in [5, 5.41) is 7.16. The molecule has 88 valence electrons. The van der Waals surface area contributed by atoms with E-state index in [0.717, 1.165) is 13.0 Å². The fraction of sp³-hybridized carbons (Fsp3) is 0.571. The Morgan fingerprint density at radius 2 is 2.31 bits per heavy atom. The molecule has 1 heterocycles. The Morgan fingerprint density at radius 3 is 3.00 bits per heavy atom. The van der Waals surface area contributed by atoms with Crippen molar-refractivity contribution in [3.63, 3.8) is 0 Å². The van der Waals surface area contributed by atoms with E-state index in [-0.39, 0.29) is 0 Å². The molecule has 0 aliphatic carbocycles. The summed E-state index contributed by atoms with van der Waals surface area (Å²) in [6, 6.07) is 7.17. The molecule has 0 amide bonds. The lowest BCUT2D eigenvalue weighted by molar-refractivity contribution is 0.479. The van der Waals surface area contributed by atoms with Gasteiger partial charge >= 0.3 is 0 Å². The van der Waals surface area contributed by atoms with Gasteiger partial charge in [0.25, 0.3) is 0 Å². The molecule has 0 radical (unpaired) electrons. The standard InChI is InChI=1S/C14H22N2/c1-3-12-7-4-6-11(2)14(12)16-13-8-5-9-15-10-13/h4,6-7,13,15-16H,3,5,8-10H2,1-2H3. The van der Waals surface area contributed by atoms with Gasteiger partial charge in [0.2, 0.25) is 0 Å². The van der Waals surface area contributed by atoms with E-state index in [1.807, 2.05) is 0 Å². The zero-order chi connectivity index (χ0) is 11.4. The Labute approximate surface area is 98.4 Å². The van der Waals surface area contributed by atoms with Crippen LogP contribution >= 0.6 is 0 Å². The molecule has 1 aliphatic rings. The number of anilines is 1. The van der Waals surface area contributed by atoms with Gasteiger partial charge in [0.1, 0.15) is 0 Å². The molecule has 1 saturated heterocycles. The van der Waals surface area contributed by atoms with Gasteiger partial charge in [-0.25, -0.2) is 0 Å². The molecule has 1 aromatic carbocycles. The average molecular weight is 218 g/mol. The van der Waals surface area contributed by atoms with Gasteiger partial charge in [0, 0.05) is 18.3 Å². The highest BCUT2D eigenvalue weighted by atomic mass is 15.0. The summed E-state index contributed by atoms with van der Waals surface area (Å²) in [7, 11) is 0. The molecular weight excluding hydrogens is 196 g/mol. The second-order valence-corrected chi connectivity index (χ2v) is 4.65. The summed E-state index contributed by atoms with van der Waals surface area (Å²) in [5.74, 6) is 0. The molecule has 0 aromatic heterocycles. The Hall–Kier alpha value is -1.02. The molecule has 1 aliphatic heterocycles. The van der Waals surface area contributed by atoms with E-state index in [9.17, 15) is 0 Å². The van der Waals surface area contributed by atoms with E-state index >= 15 is 0 Å². The Morgan fingerprint density at radius 1 is 1.44 bits per heavy atom. The van der Waals surface area contributed by atoms with E-state index in [1.54, 1.807) is 0 Å². The maximum absolute atomic E-state index is 3.71. The fourth-order valence-corrected chi connectivity index (χ4v) is 2.41. The lowest BCUT2D eigenvalue weighted by Gasteiger charge is -2.26. The van der Waals surface area contributed by atoms with E-state index in [4.69, 9.17) is 0 Å². The number of benzene rings is 1. The van der Waals surface area contributed by atoms with Crippen molar-refractivity contribution in [3.05, 3.63) is 29.3 Å². The van der Waals surface area contributed by atoms with E-state index in [0.29, 0.717) is 6.04 Å². The van der Waals surface area contributed by atoms with Crippen molar-refractivity contribution < 1.29 is 0 Å². The number of hydrogen-bond donors (Lipinski definition) is 2. The largest absolute Gasteiger partial charge is 0.381 e. The minimum Gasteiger partial charge on any atom is -0.381 e. The number of hydrogen-bond acceptors (Lipinski definition) is 2. The Bertz CT molecular complexity index is 341. The van der Waals surface area contributed by atoms with Crippen molar-refractivity contribution in [1.29, 1.82) is 0 Å². The predicted octanol–water partition coefficient (Wildman–Crippen LogP) is 2.72. The lowest BCUT2D eigenvalue weighted by atomic mass is 10.0. The SMILES string of the molecule is CCc1cccc(C)c1NC1CCCNC1. The first kappa shape index (κ1) is 11.5. The zero-order valence-corrected chi connectivity index (χ0v) is 10.3. The van der Waals surface area contributed by atoms with E-state index < -0.39 is 0 Å². The Balaban J connectivity index is 2.12. The maximum Gasteiger partial charge on any atom is 0.0404 e. The number of para-hydroxylation sites is 1. The van der Waals surface area contributed by atoms with Crippen LogP contribution in [0, 0.1) is 6.92 Å². The van der Waals surface area contributed by atoms with Gasteiger partial charge in [-0.2, -0.15) is 0 Å². The first-order valence-electron chi connectivity index (χ1n) is 6.37. The van der Waals surface area contributed by atoms with Crippen LogP contribution in [0.15, 0.2) is 18.2 Å². The monoisotopic (exact) mass is 218 g/mol. The smallest absolute Gasteiger partial charge is 0.0404 e. The summed E-state index contributed by atoms with van der Waals surface area (Å²) in [6.45, 7) is 6.68. The molecule has 2 rings (SSSR count). The van der Waals surface area contributed by atoms with Crippen LogP contribution in [-0.2, 0) is 6.42 Å². The number of rotatable bonds is 3. The zero-order valence-electron chi connectivity index (χ0n) is 10.3. The van der Waals surface area contributed by atoms with Crippen molar-refractivity contribution >= 4 is 5.69 Å². The van der Waals surface area contributed by atoms with Crippen LogP contribution in [-0.4, -0.2) is 19.1 Å². The molecule has 1 fully saturated rings. The van der Waals surface area contributed by atoms with Crippen molar-refractivity contribution in [2.75, 3.05) is 18.4 Å². The molecule has 0 spiro atoms. The molecule has 2 N–H and O–H groups in total. The molecule has 0 saturated carbocycles. The van der Waals surface area contributed by atoms with Crippen LogP contribution < -0.4 is 10.6 Å². The summed E-state index contributed by atoms with van der Waals surface area (Å²) in [6.07, 6.45) is 3.67. The molecule has 1 unspecified atom stereocenters. The normalized spacial score (nSPS) is 20.8. The molecule has 2 nitrogen and oxygen atoms in total. The number of piperidine rings is 1. The van der Waals surface area contributed by atoms with Gasteiger partial charge < -0.3 is 10.6 Å². The number of aryl methyl sites for hydroxylation is 2. The molecule has 16 heavy (non-hydrogen) atoms. The van der Waals surface area contributed by atoms with Crippen LogP contribution in [0.1, 0.15) is 30.9 Å². The molecule has 1 atom stereocenters. The summed E-state index contributed by atoms with van der Waals surface area (Å²) in [5.41, 5.74) is 4.16. The van der Waals surface area contributed by atoms with Crippen LogP contribution in [0.2, 0.25) is 0 Å². The van der Waals surface area contributed by atoms with Gasteiger partial charge in [-0.1, -0.05) is 25.1 Å². The second kappa shape index (κ2) is 5.35. The minimum atomic E-state index is 0.597. The predicted molar refractivity (Wildman–Crippen MR) is 70.1 cm³/mol. The highest BCUT2D eigenvalue weighted by Crippen LogP contribution is 2.23. The maximum atomic E-state index is 3.71. The molecule has 0 bridgehead atoms. The fourth-order valence-electron chi connectivity index (χ4n) is 2.41. The van der Waals surface area contributed by atoms with Crippen LogP contribution in [0.3, 0.4) is 0 Å². The topological polar surface area (TPSA) is 24.1 Å². The van der Waals surface area contributed by atoms with Crippen LogP contribution in [0.25, 0.3) is 0 Å². The summed E-state index contributed by atoms with van der Waals surface area (Å²) < 4.78 is 0. The third-order valence-corrected chi connectivity index (χ3v) is 3.39. The van der Waals surface area contributed by atoms with Crippen molar-refractivity contribution in [1.82, 2.24) is 5.32 Å². The van der Waals surface area contributed by atoms with E-state index in [2.05, 4.69) is 42.7 Å². The summed E-state index contributed by atoms with van der Waals surface area (Å²) >= 11 is 0. The van der Waals surface area contributed by atoms with Crippen molar-refractivity contribution in [3.8, 4) is 0 Å². The van der Waals surface area contributed by atoms with Crippen molar-refractivity contribution in [2.45, 2.75) is 39.2 Å².